The monoisotopic (exact) mass is 85.0 g/mol. The maximum Gasteiger partial charge on any atom is 0.252 e. The fourth-order valence-corrected chi connectivity index (χ4v) is 0.0581. The molecule has 2 N–H and O–H groups in total. The van der Waals surface area contributed by atoms with Gasteiger partial charge in [0.05, 0.1) is 6.08 Å². The zero-order valence-corrected chi connectivity index (χ0v) is 2.97. The first kappa shape index (κ1) is 4.92. The zero-order chi connectivity index (χ0) is 4.99. The molecule has 6 heavy (non-hydrogen) atoms. The molecule has 32 valence electrons. The van der Waals surface area contributed by atoms with E-state index in [1.807, 2.05) is 0 Å². The third kappa shape index (κ3) is 2.92. The summed E-state index contributed by atoms with van der Waals surface area (Å²) in [5.74, 6) is 0.458. The molecular formula is C3H3NO2. The van der Waals surface area contributed by atoms with Gasteiger partial charge in [0, 0.05) is 0 Å². The van der Waals surface area contributed by atoms with Crippen LogP contribution in [0.4, 0.5) is 0 Å². The number of nitrogens with two attached hydrogens (primary N) is 1. The highest BCUT2D eigenvalue weighted by Crippen LogP contribution is 1.47. The van der Waals surface area contributed by atoms with Gasteiger partial charge in [0.2, 0.25) is 0 Å². The van der Waals surface area contributed by atoms with Crippen LogP contribution in [0.3, 0.4) is 0 Å². The van der Waals surface area contributed by atoms with E-state index in [9.17, 15) is 4.79 Å². The van der Waals surface area contributed by atoms with Crippen LogP contribution in [0.25, 0.3) is 0 Å². The topological polar surface area (TPSA) is 60.2 Å². The minimum Gasteiger partial charge on any atom is -0.365 e. The van der Waals surface area contributed by atoms with E-state index in [2.05, 4.69) is 5.73 Å². The molecule has 0 unspecified atom stereocenters. The average molecular weight is 85.1 g/mol. The van der Waals surface area contributed by atoms with Crippen molar-refractivity contribution in [1.82, 2.24) is 0 Å². The maximum absolute atomic E-state index is 9.50. The van der Waals surface area contributed by atoms with Crippen LogP contribution in [0.2, 0.25) is 0 Å². The Labute approximate surface area is 34.4 Å². The second-order valence-electron chi connectivity index (χ2n) is 0.665. The van der Waals surface area contributed by atoms with Crippen LogP contribution in [-0.2, 0) is 9.59 Å². The van der Waals surface area contributed by atoms with E-state index in [-0.39, 0.29) is 0 Å². The van der Waals surface area contributed by atoms with Crippen LogP contribution in [-0.4, -0.2) is 11.8 Å². The minimum absolute atomic E-state index is 0.625. The van der Waals surface area contributed by atoms with Crippen molar-refractivity contribution in [3.8, 4) is 0 Å². The first-order valence-electron chi connectivity index (χ1n) is 1.27. The summed E-state index contributed by atoms with van der Waals surface area (Å²) in [4.78, 5) is 18.6. The lowest BCUT2D eigenvalue weighted by molar-refractivity contribution is -0.113. The zero-order valence-electron chi connectivity index (χ0n) is 2.97. The molecule has 0 heterocycles. The number of hydrogen-bond donors (Lipinski definition) is 1. The number of primary amides is 1. The molecule has 0 aliphatic rings. The van der Waals surface area contributed by atoms with Gasteiger partial charge in [-0.15, -0.1) is 0 Å². The van der Waals surface area contributed by atoms with Crippen molar-refractivity contribution in [3.63, 3.8) is 0 Å². The smallest absolute Gasteiger partial charge is 0.252 e. The number of hydrogen-bond acceptors (Lipinski definition) is 2. The van der Waals surface area contributed by atoms with E-state index in [0.29, 0.717) is 6.08 Å². The van der Waals surface area contributed by atoms with Crippen molar-refractivity contribution < 1.29 is 9.59 Å². The minimum atomic E-state index is -0.759. The molecule has 0 spiro atoms. The van der Waals surface area contributed by atoms with Crippen LogP contribution in [0.15, 0.2) is 6.08 Å². The van der Waals surface area contributed by atoms with E-state index in [0.717, 1.165) is 0 Å². The maximum atomic E-state index is 9.50. The SMILES string of the molecule is NC(=O)C=C=O. The third-order valence-corrected chi connectivity index (χ3v) is 0.201. The van der Waals surface area contributed by atoms with Gasteiger partial charge in [-0.05, 0) is 0 Å². The van der Waals surface area contributed by atoms with Crippen LogP contribution in [0, 0.1) is 0 Å². The van der Waals surface area contributed by atoms with Crippen molar-refractivity contribution in [1.29, 1.82) is 0 Å². The van der Waals surface area contributed by atoms with E-state index < -0.39 is 5.91 Å². The van der Waals surface area contributed by atoms with E-state index >= 15 is 0 Å². The molecule has 0 radical (unpaired) electrons. The molecule has 0 aromatic heterocycles. The fraction of sp³-hybridized carbons (Fsp3) is 0. The highest BCUT2D eigenvalue weighted by molar-refractivity contribution is 5.92. The molecule has 0 fully saturated rings. The molecular weight excluding hydrogens is 82.0 g/mol. The van der Waals surface area contributed by atoms with Crippen LogP contribution in [0.5, 0.6) is 0 Å². The first-order chi connectivity index (χ1) is 2.77. The lowest BCUT2D eigenvalue weighted by Gasteiger charge is -1.63. The molecule has 0 aliphatic carbocycles. The van der Waals surface area contributed by atoms with Crippen molar-refractivity contribution in [2.75, 3.05) is 0 Å². The molecule has 1 amide bonds. The van der Waals surface area contributed by atoms with E-state index in [1.54, 1.807) is 0 Å². The van der Waals surface area contributed by atoms with Gasteiger partial charge in [0.1, 0.15) is 5.94 Å². The summed E-state index contributed by atoms with van der Waals surface area (Å²) in [6.07, 6.45) is 0.625. The summed E-state index contributed by atoms with van der Waals surface area (Å²) in [7, 11) is 0. The van der Waals surface area contributed by atoms with Gasteiger partial charge in [0.25, 0.3) is 5.91 Å². The molecule has 0 atom stereocenters. The van der Waals surface area contributed by atoms with Gasteiger partial charge in [-0.3, -0.25) is 4.79 Å². The summed E-state index contributed by atoms with van der Waals surface area (Å²) < 4.78 is 0. The van der Waals surface area contributed by atoms with E-state index in [4.69, 9.17) is 4.79 Å². The van der Waals surface area contributed by atoms with Crippen molar-refractivity contribution in [2.45, 2.75) is 0 Å². The van der Waals surface area contributed by atoms with Crippen molar-refractivity contribution in [3.05, 3.63) is 6.08 Å². The summed E-state index contributed by atoms with van der Waals surface area (Å²) in [5.41, 5.74) is 4.45. The lowest BCUT2D eigenvalue weighted by atomic mass is 10.6. The van der Waals surface area contributed by atoms with Gasteiger partial charge in [-0.25, -0.2) is 4.79 Å². The van der Waals surface area contributed by atoms with Gasteiger partial charge >= 0.3 is 0 Å². The number of amides is 1. The Hall–Kier alpha value is -1.08. The number of rotatable bonds is 1. The Kier molecular flexibility index (Phi) is 1.78. The third-order valence-electron chi connectivity index (χ3n) is 0.201. The van der Waals surface area contributed by atoms with Crippen LogP contribution >= 0.6 is 0 Å². The molecule has 0 saturated carbocycles. The average Bonchev–Trinajstić information content (AvgIpc) is 1.35. The summed E-state index contributed by atoms with van der Waals surface area (Å²) >= 11 is 0. The van der Waals surface area contributed by atoms with Crippen LogP contribution < -0.4 is 5.73 Å². The molecule has 3 nitrogen and oxygen atoms in total. The van der Waals surface area contributed by atoms with Crippen molar-refractivity contribution in [2.24, 2.45) is 5.73 Å². The Morgan fingerprint density at radius 3 is 2.33 bits per heavy atom. The molecule has 3 heteroatoms. The highest BCUT2D eigenvalue weighted by Gasteiger charge is 1.75. The largest absolute Gasteiger partial charge is 0.365 e. The quantitative estimate of drug-likeness (QED) is 0.323. The van der Waals surface area contributed by atoms with Crippen molar-refractivity contribution >= 4 is 11.8 Å². The van der Waals surface area contributed by atoms with Crippen LogP contribution in [0.1, 0.15) is 0 Å². The standard InChI is InChI=1S/C3H3NO2/c4-3(6)1-2-5/h1H,(H2,4,6). The normalized spacial score (nSPS) is 6.00. The number of carbonyl (C=O) groups excluding carboxylic acids is 2. The predicted octanol–water partition coefficient (Wildman–Crippen LogP) is -1.14. The van der Waals surface area contributed by atoms with Gasteiger partial charge in [-0.2, -0.15) is 0 Å². The fourth-order valence-electron chi connectivity index (χ4n) is 0.0581. The first-order valence-corrected chi connectivity index (χ1v) is 1.27. The Bertz CT molecular complexity index is 101. The summed E-state index contributed by atoms with van der Waals surface area (Å²) in [6.45, 7) is 0. The summed E-state index contributed by atoms with van der Waals surface area (Å²) in [5, 5.41) is 0. The van der Waals surface area contributed by atoms with E-state index in [1.165, 1.54) is 5.94 Å². The second-order valence-corrected chi connectivity index (χ2v) is 0.665. The molecule has 0 rings (SSSR count). The summed E-state index contributed by atoms with van der Waals surface area (Å²) in [6, 6.07) is 0. The highest BCUT2D eigenvalue weighted by atomic mass is 16.1. The lowest BCUT2D eigenvalue weighted by Crippen LogP contribution is -2.05. The molecule has 0 aromatic rings. The number of carbonyl (C=O) groups is 1. The predicted molar refractivity (Wildman–Crippen MR) is 19.5 cm³/mol. The Balaban J connectivity index is 3.60. The second kappa shape index (κ2) is 2.18. The molecule has 0 aromatic carbocycles. The molecule has 0 aliphatic heterocycles. The van der Waals surface area contributed by atoms with Gasteiger partial charge in [-0.1, -0.05) is 0 Å². The Morgan fingerprint density at radius 2 is 2.33 bits per heavy atom. The molecule has 0 saturated heterocycles. The Morgan fingerprint density at radius 1 is 1.83 bits per heavy atom. The van der Waals surface area contributed by atoms with Gasteiger partial charge in [0.15, 0.2) is 0 Å². The molecule has 0 bridgehead atoms. The van der Waals surface area contributed by atoms with Gasteiger partial charge < -0.3 is 5.73 Å².